The molecule has 0 bridgehead atoms. The molecule has 0 aliphatic carbocycles. The van der Waals surface area contributed by atoms with Crippen LogP contribution in [0.3, 0.4) is 0 Å². The molecule has 0 aliphatic heterocycles. The summed E-state index contributed by atoms with van der Waals surface area (Å²) in [5.41, 5.74) is 3.21. The highest BCUT2D eigenvalue weighted by atomic mass is 16.5. The standard InChI is InChI=1S/C27H26N4O3/c1-4-32-25-16-23(14-15-24(25)33-19(2)3)31(22-12-10-20(17-28)11-13-22)18-26-29-27(30-34-26)21-8-6-5-7-9-21/h5-16,19H,4,18H2,1-3H3. The van der Waals surface area contributed by atoms with Crippen LogP contribution in [-0.2, 0) is 6.54 Å². The van der Waals surface area contributed by atoms with E-state index in [4.69, 9.17) is 14.0 Å². The summed E-state index contributed by atoms with van der Waals surface area (Å²) in [5, 5.41) is 13.3. The van der Waals surface area contributed by atoms with Gasteiger partial charge in [0.25, 0.3) is 0 Å². The average molecular weight is 455 g/mol. The van der Waals surface area contributed by atoms with Crippen molar-refractivity contribution in [3.05, 3.63) is 84.3 Å². The number of aromatic nitrogens is 2. The number of ether oxygens (including phenoxy) is 2. The lowest BCUT2D eigenvalue weighted by atomic mass is 10.1. The molecular weight excluding hydrogens is 428 g/mol. The maximum absolute atomic E-state index is 9.20. The molecule has 4 aromatic rings. The molecule has 0 spiro atoms. The summed E-state index contributed by atoms with van der Waals surface area (Å²) >= 11 is 0. The monoisotopic (exact) mass is 454 g/mol. The van der Waals surface area contributed by atoms with Crippen molar-refractivity contribution in [3.8, 4) is 29.0 Å². The Morgan fingerprint density at radius 1 is 0.971 bits per heavy atom. The van der Waals surface area contributed by atoms with Crippen molar-refractivity contribution in [2.24, 2.45) is 0 Å². The third-order valence-corrected chi connectivity index (χ3v) is 5.00. The second-order valence-electron chi connectivity index (χ2n) is 7.85. The van der Waals surface area contributed by atoms with Crippen molar-refractivity contribution in [1.82, 2.24) is 10.1 Å². The molecule has 3 aromatic carbocycles. The van der Waals surface area contributed by atoms with Crippen LogP contribution in [0.15, 0.2) is 77.3 Å². The summed E-state index contributed by atoms with van der Waals surface area (Å²) in [5.74, 6) is 2.34. The number of nitrogens with zero attached hydrogens (tertiary/aromatic N) is 4. The molecule has 0 unspecified atom stereocenters. The first-order valence-corrected chi connectivity index (χ1v) is 11.2. The van der Waals surface area contributed by atoms with Gasteiger partial charge >= 0.3 is 0 Å². The SMILES string of the molecule is CCOc1cc(N(Cc2nc(-c3ccccc3)no2)c2ccc(C#N)cc2)ccc1OC(C)C. The first-order valence-electron chi connectivity index (χ1n) is 11.2. The Balaban J connectivity index is 1.71. The highest BCUT2D eigenvalue weighted by Gasteiger charge is 2.18. The minimum Gasteiger partial charge on any atom is -0.490 e. The quantitative estimate of drug-likeness (QED) is 0.301. The van der Waals surface area contributed by atoms with Crippen molar-refractivity contribution < 1.29 is 14.0 Å². The second kappa shape index (κ2) is 10.5. The number of nitriles is 1. The molecule has 0 fully saturated rings. The van der Waals surface area contributed by atoms with E-state index in [1.54, 1.807) is 12.1 Å². The minimum absolute atomic E-state index is 0.0227. The van der Waals surface area contributed by atoms with E-state index in [1.165, 1.54) is 0 Å². The Hall–Kier alpha value is -4.31. The van der Waals surface area contributed by atoms with Crippen molar-refractivity contribution in [2.45, 2.75) is 33.4 Å². The number of hydrogen-bond donors (Lipinski definition) is 0. The number of hydrogen-bond acceptors (Lipinski definition) is 7. The average Bonchev–Trinajstić information content (AvgIpc) is 3.33. The second-order valence-corrected chi connectivity index (χ2v) is 7.85. The Morgan fingerprint density at radius 2 is 1.71 bits per heavy atom. The molecular formula is C27H26N4O3. The molecule has 0 aliphatic rings. The van der Waals surface area contributed by atoms with Gasteiger partial charge in [0.15, 0.2) is 11.5 Å². The molecule has 0 atom stereocenters. The van der Waals surface area contributed by atoms with E-state index < -0.39 is 0 Å². The normalized spacial score (nSPS) is 10.7. The Kier molecular flexibility index (Phi) is 7.09. The summed E-state index contributed by atoms with van der Waals surface area (Å²) < 4.78 is 17.4. The van der Waals surface area contributed by atoms with Crippen molar-refractivity contribution in [3.63, 3.8) is 0 Å². The topological polar surface area (TPSA) is 84.4 Å². The summed E-state index contributed by atoms with van der Waals surface area (Å²) in [6, 6.07) is 25.0. The van der Waals surface area contributed by atoms with Crippen molar-refractivity contribution in [2.75, 3.05) is 11.5 Å². The zero-order valence-electron chi connectivity index (χ0n) is 19.4. The predicted octanol–water partition coefficient (Wildman–Crippen LogP) is 6.13. The van der Waals surface area contributed by atoms with E-state index in [0.717, 1.165) is 16.9 Å². The summed E-state index contributed by atoms with van der Waals surface area (Å²) in [4.78, 5) is 6.63. The maximum Gasteiger partial charge on any atom is 0.246 e. The molecule has 0 saturated heterocycles. The smallest absolute Gasteiger partial charge is 0.246 e. The highest BCUT2D eigenvalue weighted by molar-refractivity contribution is 5.67. The highest BCUT2D eigenvalue weighted by Crippen LogP contribution is 2.36. The van der Waals surface area contributed by atoms with Gasteiger partial charge in [0, 0.05) is 23.0 Å². The van der Waals surface area contributed by atoms with Gasteiger partial charge in [0.2, 0.25) is 11.7 Å². The fourth-order valence-electron chi connectivity index (χ4n) is 3.49. The first-order chi connectivity index (χ1) is 16.6. The molecule has 0 amide bonds. The first kappa shape index (κ1) is 22.9. The zero-order chi connectivity index (χ0) is 23.9. The molecule has 0 radical (unpaired) electrons. The Labute approximate surface area is 199 Å². The van der Waals surface area contributed by atoms with E-state index in [-0.39, 0.29) is 6.10 Å². The van der Waals surface area contributed by atoms with E-state index in [2.05, 4.69) is 16.2 Å². The molecule has 172 valence electrons. The fourth-order valence-corrected chi connectivity index (χ4v) is 3.49. The molecule has 4 rings (SSSR count). The molecule has 0 saturated carbocycles. The van der Waals surface area contributed by atoms with Gasteiger partial charge in [0.1, 0.15) is 6.54 Å². The summed E-state index contributed by atoms with van der Waals surface area (Å²) in [6.07, 6.45) is 0.0227. The van der Waals surface area contributed by atoms with Crippen LogP contribution in [0, 0.1) is 11.3 Å². The van der Waals surface area contributed by atoms with Crippen LogP contribution >= 0.6 is 0 Å². The van der Waals surface area contributed by atoms with Gasteiger partial charge < -0.3 is 18.9 Å². The summed E-state index contributed by atoms with van der Waals surface area (Å²) in [7, 11) is 0. The lowest BCUT2D eigenvalue weighted by Gasteiger charge is -2.25. The van der Waals surface area contributed by atoms with Crippen LogP contribution in [0.5, 0.6) is 11.5 Å². The van der Waals surface area contributed by atoms with Crippen molar-refractivity contribution in [1.29, 1.82) is 5.26 Å². The molecule has 7 heteroatoms. The van der Waals surface area contributed by atoms with Crippen LogP contribution in [0.25, 0.3) is 11.4 Å². The molecule has 1 heterocycles. The van der Waals surface area contributed by atoms with Crippen LogP contribution in [0.1, 0.15) is 32.2 Å². The zero-order valence-corrected chi connectivity index (χ0v) is 19.4. The lowest BCUT2D eigenvalue weighted by molar-refractivity contribution is 0.224. The minimum atomic E-state index is 0.0227. The Morgan fingerprint density at radius 3 is 2.38 bits per heavy atom. The third kappa shape index (κ3) is 5.36. The molecule has 34 heavy (non-hydrogen) atoms. The van der Waals surface area contributed by atoms with Gasteiger partial charge in [-0.25, -0.2) is 0 Å². The summed E-state index contributed by atoms with van der Waals surface area (Å²) in [6.45, 7) is 6.74. The van der Waals surface area contributed by atoms with Gasteiger partial charge in [-0.05, 0) is 57.2 Å². The van der Waals surface area contributed by atoms with Gasteiger partial charge in [-0.1, -0.05) is 35.5 Å². The third-order valence-electron chi connectivity index (χ3n) is 5.00. The van der Waals surface area contributed by atoms with Gasteiger partial charge in [0.05, 0.1) is 24.3 Å². The molecule has 1 aromatic heterocycles. The largest absolute Gasteiger partial charge is 0.490 e. The van der Waals surface area contributed by atoms with Gasteiger partial charge in [-0.2, -0.15) is 10.2 Å². The maximum atomic E-state index is 9.20. The van der Waals surface area contributed by atoms with E-state index in [1.807, 2.05) is 86.3 Å². The van der Waals surface area contributed by atoms with Crippen LogP contribution in [-0.4, -0.2) is 22.9 Å². The lowest BCUT2D eigenvalue weighted by Crippen LogP contribution is -2.17. The van der Waals surface area contributed by atoms with Crippen LogP contribution in [0.2, 0.25) is 0 Å². The molecule has 0 N–H and O–H groups in total. The van der Waals surface area contributed by atoms with Gasteiger partial charge in [-0.3, -0.25) is 0 Å². The van der Waals surface area contributed by atoms with E-state index in [0.29, 0.717) is 41.9 Å². The fraction of sp³-hybridized carbons (Fsp3) is 0.222. The molecule has 7 nitrogen and oxygen atoms in total. The van der Waals surface area contributed by atoms with Gasteiger partial charge in [-0.15, -0.1) is 0 Å². The Bertz CT molecular complexity index is 1260. The van der Waals surface area contributed by atoms with Crippen molar-refractivity contribution >= 4 is 11.4 Å². The predicted molar refractivity (Wildman–Crippen MR) is 130 cm³/mol. The van der Waals surface area contributed by atoms with Crippen LogP contribution in [0.4, 0.5) is 11.4 Å². The number of benzene rings is 3. The van der Waals surface area contributed by atoms with Crippen LogP contribution < -0.4 is 14.4 Å². The van der Waals surface area contributed by atoms with E-state index in [9.17, 15) is 5.26 Å². The van der Waals surface area contributed by atoms with E-state index >= 15 is 0 Å². The number of rotatable bonds is 9. The number of anilines is 2.